The number of rotatable bonds is 5. The topological polar surface area (TPSA) is 36.5 Å². The van der Waals surface area contributed by atoms with Crippen LogP contribution in [0.25, 0.3) is 0 Å². The first kappa shape index (κ1) is 19.4. The summed E-state index contributed by atoms with van der Waals surface area (Å²) in [6, 6.07) is 11.5. The van der Waals surface area contributed by atoms with Crippen LogP contribution < -0.4 is 10.6 Å². The maximum atomic E-state index is 5.64. The number of hydrogen-bond acceptors (Lipinski definition) is 4. The predicted octanol–water partition coefficient (Wildman–Crippen LogP) is 4.32. The van der Waals surface area contributed by atoms with Crippen molar-refractivity contribution >= 4 is 11.4 Å². The van der Waals surface area contributed by atoms with Crippen molar-refractivity contribution in [3.63, 3.8) is 0 Å². The average molecular weight is 380 g/mol. The van der Waals surface area contributed by atoms with E-state index < -0.39 is 0 Å². The maximum absolute atomic E-state index is 5.64. The number of hydrogen-bond donors (Lipinski definition) is 2. The lowest BCUT2D eigenvalue weighted by Gasteiger charge is -2.38. The molecular formula is C24H33N3O. The van der Waals surface area contributed by atoms with Crippen LogP contribution in [0.4, 0.5) is 11.4 Å². The van der Waals surface area contributed by atoms with Crippen LogP contribution in [0.15, 0.2) is 30.3 Å². The van der Waals surface area contributed by atoms with Crippen molar-refractivity contribution < 1.29 is 4.74 Å². The van der Waals surface area contributed by atoms with E-state index in [1.54, 1.807) is 0 Å². The number of nitrogens with one attached hydrogen (secondary N) is 2. The Labute approximate surface area is 169 Å². The van der Waals surface area contributed by atoms with Crippen LogP contribution in [0.1, 0.15) is 48.6 Å². The zero-order valence-electron chi connectivity index (χ0n) is 17.7. The molecule has 2 aliphatic rings. The summed E-state index contributed by atoms with van der Waals surface area (Å²) in [4.78, 5) is 2.54. The van der Waals surface area contributed by atoms with Crippen LogP contribution in [0.2, 0.25) is 0 Å². The second-order valence-electron chi connectivity index (χ2n) is 8.63. The molecule has 0 radical (unpaired) electrons. The van der Waals surface area contributed by atoms with Gasteiger partial charge in [-0.3, -0.25) is 4.90 Å². The number of aryl methyl sites for hydroxylation is 1. The normalized spacial score (nSPS) is 18.3. The summed E-state index contributed by atoms with van der Waals surface area (Å²) in [6.07, 6.45) is 0. The van der Waals surface area contributed by atoms with Crippen molar-refractivity contribution in [2.45, 2.75) is 46.3 Å². The van der Waals surface area contributed by atoms with E-state index >= 15 is 0 Å². The van der Waals surface area contributed by atoms with Gasteiger partial charge in [-0.05, 0) is 53.8 Å². The van der Waals surface area contributed by atoms with Gasteiger partial charge in [0.25, 0.3) is 0 Å². The quantitative estimate of drug-likeness (QED) is 0.811. The summed E-state index contributed by atoms with van der Waals surface area (Å²) in [5.41, 5.74) is 9.21. The molecule has 150 valence electrons. The lowest BCUT2D eigenvalue weighted by molar-refractivity contribution is 0.134. The highest BCUT2D eigenvalue weighted by atomic mass is 16.5. The molecule has 0 amide bonds. The number of piperazine rings is 1. The van der Waals surface area contributed by atoms with E-state index in [1.807, 2.05) is 6.92 Å². The Morgan fingerprint density at radius 3 is 2.57 bits per heavy atom. The third-order valence-electron chi connectivity index (χ3n) is 6.14. The van der Waals surface area contributed by atoms with Crippen LogP contribution in [0.3, 0.4) is 0 Å². The highest BCUT2D eigenvalue weighted by molar-refractivity contribution is 5.77. The summed E-state index contributed by atoms with van der Waals surface area (Å²) in [5, 5.41) is 7.14. The SMILES string of the molecule is CCOCc1cc(C)c2c(c1)Nc1ccc(CN3CCNCC3)cc1C2(C)C. The van der Waals surface area contributed by atoms with Crippen LogP contribution in [-0.2, 0) is 23.3 Å². The maximum Gasteiger partial charge on any atom is 0.0717 e. The lowest BCUT2D eigenvalue weighted by Crippen LogP contribution is -2.42. The lowest BCUT2D eigenvalue weighted by atomic mass is 9.72. The molecule has 2 heterocycles. The van der Waals surface area contributed by atoms with Gasteiger partial charge in [0.15, 0.2) is 0 Å². The third kappa shape index (κ3) is 3.69. The van der Waals surface area contributed by atoms with Crippen molar-refractivity contribution in [2.24, 2.45) is 0 Å². The minimum Gasteiger partial charge on any atom is -0.377 e. The molecule has 1 fully saturated rings. The van der Waals surface area contributed by atoms with Gasteiger partial charge < -0.3 is 15.4 Å². The fourth-order valence-electron chi connectivity index (χ4n) is 4.82. The zero-order valence-corrected chi connectivity index (χ0v) is 17.7. The predicted molar refractivity (Wildman–Crippen MR) is 117 cm³/mol. The van der Waals surface area contributed by atoms with Crippen molar-refractivity contribution in [1.82, 2.24) is 10.2 Å². The number of fused-ring (bicyclic) bond motifs is 2. The molecule has 4 rings (SSSR count). The van der Waals surface area contributed by atoms with Gasteiger partial charge in [0.1, 0.15) is 0 Å². The summed E-state index contributed by atoms with van der Waals surface area (Å²) in [5.74, 6) is 0. The van der Waals surface area contributed by atoms with Gasteiger partial charge in [0.05, 0.1) is 6.61 Å². The molecule has 0 spiro atoms. The summed E-state index contributed by atoms with van der Waals surface area (Å²) in [6.45, 7) is 15.9. The van der Waals surface area contributed by atoms with Gasteiger partial charge in [0, 0.05) is 56.1 Å². The van der Waals surface area contributed by atoms with Crippen molar-refractivity contribution in [1.29, 1.82) is 0 Å². The minimum atomic E-state index is -0.0242. The second kappa shape index (κ2) is 7.86. The van der Waals surface area contributed by atoms with Gasteiger partial charge in [-0.2, -0.15) is 0 Å². The van der Waals surface area contributed by atoms with E-state index in [0.29, 0.717) is 6.61 Å². The number of ether oxygens (including phenoxy) is 1. The summed E-state index contributed by atoms with van der Waals surface area (Å²) < 4.78 is 5.64. The second-order valence-corrected chi connectivity index (χ2v) is 8.63. The molecule has 28 heavy (non-hydrogen) atoms. The molecule has 0 aliphatic carbocycles. The fourth-order valence-corrected chi connectivity index (χ4v) is 4.82. The van der Waals surface area contributed by atoms with E-state index in [-0.39, 0.29) is 5.41 Å². The Kier molecular flexibility index (Phi) is 5.46. The molecule has 2 aromatic rings. The van der Waals surface area contributed by atoms with E-state index in [0.717, 1.165) is 39.3 Å². The van der Waals surface area contributed by atoms with E-state index in [2.05, 4.69) is 66.6 Å². The third-order valence-corrected chi connectivity index (χ3v) is 6.14. The highest BCUT2D eigenvalue weighted by Gasteiger charge is 2.34. The van der Waals surface area contributed by atoms with Gasteiger partial charge in [-0.1, -0.05) is 32.0 Å². The molecule has 2 aromatic carbocycles. The zero-order chi connectivity index (χ0) is 19.7. The Bertz CT molecular complexity index is 853. The van der Waals surface area contributed by atoms with Crippen LogP contribution >= 0.6 is 0 Å². The van der Waals surface area contributed by atoms with Crippen LogP contribution in [0, 0.1) is 6.92 Å². The summed E-state index contributed by atoms with van der Waals surface area (Å²) in [7, 11) is 0. The highest BCUT2D eigenvalue weighted by Crippen LogP contribution is 2.47. The average Bonchev–Trinajstić information content (AvgIpc) is 2.67. The van der Waals surface area contributed by atoms with Crippen LogP contribution in [-0.4, -0.2) is 37.7 Å². The van der Waals surface area contributed by atoms with Gasteiger partial charge in [0.2, 0.25) is 0 Å². The first-order valence-corrected chi connectivity index (χ1v) is 10.5. The van der Waals surface area contributed by atoms with Crippen LogP contribution in [0.5, 0.6) is 0 Å². The molecule has 2 N–H and O–H groups in total. The molecule has 0 unspecified atom stereocenters. The van der Waals surface area contributed by atoms with Gasteiger partial charge >= 0.3 is 0 Å². The van der Waals surface area contributed by atoms with E-state index in [4.69, 9.17) is 4.74 Å². The Morgan fingerprint density at radius 1 is 1.04 bits per heavy atom. The first-order chi connectivity index (χ1) is 13.5. The largest absolute Gasteiger partial charge is 0.377 e. The number of nitrogens with zero attached hydrogens (tertiary/aromatic N) is 1. The Hall–Kier alpha value is -1.88. The van der Waals surface area contributed by atoms with Crippen molar-refractivity contribution in [3.05, 3.63) is 58.1 Å². The van der Waals surface area contributed by atoms with Crippen molar-refractivity contribution in [3.8, 4) is 0 Å². The molecule has 0 bridgehead atoms. The standard InChI is InChI=1S/C24H33N3O/c1-5-28-16-19-12-17(2)23-22(14-19)26-21-7-6-18(13-20(21)24(23,3)4)15-27-10-8-25-9-11-27/h6-7,12-14,25-26H,5,8-11,15-16H2,1-4H3. The molecule has 2 aliphatic heterocycles. The smallest absolute Gasteiger partial charge is 0.0717 e. The molecule has 4 nitrogen and oxygen atoms in total. The minimum absolute atomic E-state index is 0.0242. The van der Waals surface area contributed by atoms with Gasteiger partial charge in [-0.15, -0.1) is 0 Å². The number of benzene rings is 2. The van der Waals surface area contributed by atoms with Crippen molar-refractivity contribution in [2.75, 3.05) is 38.1 Å². The van der Waals surface area contributed by atoms with Gasteiger partial charge in [-0.25, -0.2) is 0 Å². The first-order valence-electron chi connectivity index (χ1n) is 10.5. The monoisotopic (exact) mass is 379 g/mol. The molecule has 4 heteroatoms. The molecule has 0 aromatic heterocycles. The molecule has 0 atom stereocenters. The Balaban J connectivity index is 1.65. The number of anilines is 2. The Morgan fingerprint density at radius 2 is 1.82 bits per heavy atom. The fraction of sp³-hybridized carbons (Fsp3) is 0.500. The van der Waals surface area contributed by atoms with E-state index in [9.17, 15) is 0 Å². The van der Waals surface area contributed by atoms with E-state index in [1.165, 1.54) is 39.2 Å². The summed E-state index contributed by atoms with van der Waals surface area (Å²) >= 11 is 0. The molecule has 1 saturated heterocycles. The molecule has 0 saturated carbocycles. The molecular weight excluding hydrogens is 346 g/mol.